The molecule has 0 spiro atoms. The molecule has 1 aromatic rings. The smallest absolute Gasteiger partial charge is 0.360 e. The van der Waals surface area contributed by atoms with Gasteiger partial charge in [0.25, 0.3) is 11.5 Å². The molecule has 5 heteroatoms. The summed E-state index contributed by atoms with van der Waals surface area (Å²) in [5, 5.41) is 0. The molecule has 1 amide bonds. The van der Waals surface area contributed by atoms with E-state index in [2.05, 4.69) is 0 Å². The highest BCUT2D eigenvalue weighted by Gasteiger charge is 2.54. The van der Waals surface area contributed by atoms with Crippen molar-refractivity contribution in [3.8, 4) is 5.75 Å². The lowest BCUT2D eigenvalue weighted by molar-refractivity contribution is -0.168. The first-order valence-electron chi connectivity index (χ1n) is 6.87. The van der Waals surface area contributed by atoms with Crippen LogP contribution in [-0.2, 0) is 14.3 Å². The van der Waals surface area contributed by atoms with Crippen LogP contribution in [0.1, 0.15) is 27.2 Å². The van der Waals surface area contributed by atoms with Gasteiger partial charge in [-0.2, -0.15) is 0 Å². The molecule has 0 N–H and O–H groups in total. The summed E-state index contributed by atoms with van der Waals surface area (Å²) in [7, 11) is 0. The molecule has 1 atom stereocenters. The Kier molecular flexibility index (Phi) is 3.97. The molecule has 1 heterocycles. The summed E-state index contributed by atoms with van der Waals surface area (Å²) in [6.45, 7) is 6.01. The first-order valence-corrected chi connectivity index (χ1v) is 6.87. The van der Waals surface area contributed by atoms with E-state index in [1.54, 1.807) is 24.8 Å². The van der Waals surface area contributed by atoms with Crippen molar-refractivity contribution in [2.75, 3.05) is 18.1 Å². The third-order valence-electron chi connectivity index (χ3n) is 3.45. The monoisotopic (exact) mass is 277 g/mol. The fourth-order valence-corrected chi connectivity index (χ4v) is 2.38. The highest BCUT2D eigenvalue weighted by Crippen LogP contribution is 2.39. The van der Waals surface area contributed by atoms with Crippen LogP contribution < -0.4 is 9.64 Å². The number of likely N-dealkylation sites (N-methyl/N-ethyl adjacent to an activating group) is 1. The van der Waals surface area contributed by atoms with Gasteiger partial charge in [0.15, 0.2) is 0 Å². The molecule has 1 unspecified atom stereocenters. The van der Waals surface area contributed by atoms with Crippen molar-refractivity contribution in [3.63, 3.8) is 0 Å². The average molecular weight is 277 g/mol. The van der Waals surface area contributed by atoms with Gasteiger partial charge in [-0.3, -0.25) is 4.79 Å². The summed E-state index contributed by atoms with van der Waals surface area (Å²) in [6, 6.07) is 7.21. The fraction of sp³-hybridized carbons (Fsp3) is 0.467. The molecule has 0 radical (unpaired) electrons. The lowest BCUT2D eigenvalue weighted by Crippen LogP contribution is -2.61. The Bertz CT molecular complexity index is 528. The van der Waals surface area contributed by atoms with Crippen molar-refractivity contribution in [1.82, 2.24) is 0 Å². The summed E-state index contributed by atoms with van der Waals surface area (Å²) < 4.78 is 10.8. The maximum Gasteiger partial charge on any atom is 0.360 e. The number of para-hydroxylation sites is 2. The summed E-state index contributed by atoms with van der Waals surface area (Å²) in [4.78, 5) is 26.5. The lowest BCUT2D eigenvalue weighted by Gasteiger charge is -2.40. The first kappa shape index (κ1) is 14.4. The van der Waals surface area contributed by atoms with Gasteiger partial charge >= 0.3 is 5.97 Å². The number of nitrogens with zero attached hydrogens (tertiary/aromatic N) is 1. The zero-order valence-electron chi connectivity index (χ0n) is 12.0. The summed E-state index contributed by atoms with van der Waals surface area (Å²) in [5.74, 6) is -0.455. The zero-order chi connectivity index (χ0) is 14.8. The molecule has 0 aromatic heterocycles. The van der Waals surface area contributed by atoms with Crippen molar-refractivity contribution in [1.29, 1.82) is 0 Å². The molecule has 1 aliphatic rings. The second kappa shape index (κ2) is 5.53. The van der Waals surface area contributed by atoms with Gasteiger partial charge in [0.2, 0.25) is 0 Å². The molecule has 20 heavy (non-hydrogen) atoms. The van der Waals surface area contributed by atoms with Crippen molar-refractivity contribution in [2.45, 2.75) is 32.8 Å². The average Bonchev–Trinajstić information content (AvgIpc) is 2.47. The first-order chi connectivity index (χ1) is 9.60. The maximum absolute atomic E-state index is 12.7. The Morgan fingerprint density at radius 1 is 1.30 bits per heavy atom. The molecular weight excluding hydrogens is 258 g/mol. The highest BCUT2D eigenvalue weighted by atomic mass is 16.6. The van der Waals surface area contributed by atoms with Gasteiger partial charge in [0.05, 0.1) is 12.3 Å². The fourth-order valence-electron chi connectivity index (χ4n) is 2.38. The standard InChI is InChI=1S/C15H19NO4/c1-4-15(14(18)19-6-3)13(17)16(5-2)11-9-7-8-10-12(11)20-15/h7-10H,4-6H2,1-3H3. The van der Waals surface area contributed by atoms with Crippen LogP contribution in [0.3, 0.4) is 0 Å². The number of rotatable bonds is 4. The highest BCUT2D eigenvalue weighted by molar-refractivity contribution is 6.15. The molecule has 5 nitrogen and oxygen atoms in total. The van der Waals surface area contributed by atoms with E-state index >= 15 is 0 Å². The number of amides is 1. The molecule has 2 rings (SSSR count). The number of ether oxygens (including phenoxy) is 2. The van der Waals surface area contributed by atoms with E-state index in [1.807, 2.05) is 25.1 Å². The Hall–Kier alpha value is -2.04. The third-order valence-corrected chi connectivity index (χ3v) is 3.45. The van der Waals surface area contributed by atoms with Crippen LogP contribution in [0.25, 0.3) is 0 Å². The van der Waals surface area contributed by atoms with Crippen LogP contribution in [0.4, 0.5) is 5.69 Å². The van der Waals surface area contributed by atoms with Gasteiger partial charge in [-0.25, -0.2) is 4.79 Å². The van der Waals surface area contributed by atoms with Gasteiger partial charge in [-0.15, -0.1) is 0 Å². The molecule has 0 saturated heterocycles. The second-order valence-corrected chi connectivity index (χ2v) is 4.52. The minimum absolute atomic E-state index is 0.213. The van der Waals surface area contributed by atoms with E-state index in [9.17, 15) is 9.59 Å². The molecule has 0 saturated carbocycles. The number of carbonyl (C=O) groups excluding carboxylic acids is 2. The van der Waals surface area contributed by atoms with E-state index in [-0.39, 0.29) is 18.9 Å². The van der Waals surface area contributed by atoms with E-state index in [4.69, 9.17) is 9.47 Å². The Morgan fingerprint density at radius 2 is 2.00 bits per heavy atom. The maximum atomic E-state index is 12.7. The van der Waals surface area contributed by atoms with Crippen molar-refractivity contribution < 1.29 is 19.1 Å². The van der Waals surface area contributed by atoms with Crippen LogP contribution in [0.2, 0.25) is 0 Å². The Balaban J connectivity index is 2.51. The van der Waals surface area contributed by atoms with Crippen molar-refractivity contribution in [3.05, 3.63) is 24.3 Å². The minimum atomic E-state index is -1.57. The largest absolute Gasteiger partial charge is 0.463 e. The number of esters is 1. The molecular formula is C15H19NO4. The Labute approximate surface area is 118 Å². The van der Waals surface area contributed by atoms with Crippen LogP contribution in [0, 0.1) is 0 Å². The number of hydrogen-bond donors (Lipinski definition) is 0. The SMILES string of the molecule is CCOC(=O)C1(CC)Oc2ccccc2N(CC)C1=O. The van der Waals surface area contributed by atoms with Gasteiger partial charge in [-0.05, 0) is 26.0 Å². The number of carbonyl (C=O) groups is 2. The Morgan fingerprint density at radius 3 is 2.60 bits per heavy atom. The molecule has 0 aliphatic carbocycles. The van der Waals surface area contributed by atoms with E-state index in [0.717, 1.165) is 0 Å². The molecule has 1 aromatic carbocycles. The number of hydrogen-bond acceptors (Lipinski definition) is 4. The van der Waals surface area contributed by atoms with Gasteiger partial charge in [0, 0.05) is 13.0 Å². The van der Waals surface area contributed by atoms with Crippen LogP contribution >= 0.6 is 0 Å². The summed E-state index contributed by atoms with van der Waals surface area (Å²) in [5.41, 5.74) is -0.881. The predicted octanol–water partition coefficient (Wildman–Crippen LogP) is 2.14. The molecule has 0 fully saturated rings. The quantitative estimate of drug-likeness (QED) is 0.625. The zero-order valence-corrected chi connectivity index (χ0v) is 12.0. The minimum Gasteiger partial charge on any atom is -0.463 e. The van der Waals surface area contributed by atoms with E-state index in [1.165, 1.54) is 0 Å². The predicted molar refractivity (Wildman–Crippen MR) is 74.8 cm³/mol. The van der Waals surface area contributed by atoms with Crippen molar-refractivity contribution >= 4 is 17.6 Å². The summed E-state index contributed by atoms with van der Waals surface area (Å²) in [6.07, 6.45) is 0.232. The van der Waals surface area contributed by atoms with Crippen LogP contribution in [0.15, 0.2) is 24.3 Å². The molecule has 108 valence electrons. The van der Waals surface area contributed by atoms with Crippen LogP contribution in [-0.4, -0.2) is 30.6 Å². The topological polar surface area (TPSA) is 55.8 Å². The summed E-state index contributed by atoms with van der Waals surface area (Å²) >= 11 is 0. The molecule has 0 bridgehead atoms. The second-order valence-electron chi connectivity index (χ2n) is 4.52. The van der Waals surface area contributed by atoms with Crippen molar-refractivity contribution in [2.24, 2.45) is 0 Å². The molecule has 1 aliphatic heterocycles. The number of fused-ring (bicyclic) bond motifs is 1. The normalized spacial score (nSPS) is 21.1. The number of anilines is 1. The van der Waals surface area contributed by atoms with Gasteiger partial charge in [0.1, 0.15) is 5.75 Å². The van der Waals surface area contributed by atoms with Gasteiger partial charge < -0.3 is 14.4 Å². The van der Waals surface area contributed by atoms with Crippen LogP contribution in [0.5, 0.6) is 5.75 Å². The number of benzene rings is 1. The van der Waals surface area contributed by atoms with Gasteiger partial charge in [-0.1, -0.05) is 19.1 Å². The third kappa shape index (κ3) is 2.03. The lowest BCUT2D eigenvalue weighted by atomic mass is 9.95. The van der Waals surface area contributed by atoms with E-state index in [0.29, 0.717) is 18.0 Å². The van der Waals surface area contributed by atoms with E-state index < -0.39 is 11.6 Å².